The second kappa shape index (κ2) is 20.1. The standard InChI is InChI=1S/C33H47F3N10O16P2/c1-32(2,3)62-31(51)43-16(7-5-4-6-9-39-29(49)33(34,35)36)28(48)61-24-18(60-27(23(24)47)46-15-42-22-25(38)40-14-41-26(22)46)13-57-63(52,53)19-11-21(45-10-8-20(37)44-30(45)50)59-17(19)12-58-64(54,55)56/h8,10,14-19,21,23-24,27,47H,4-7,9,11-13H2,1-3H3,(H,39,49)(H,43,51)(H,52,53)(H2,37,44,50)(H2,38,40,41)(H2,54,55,56)/t16-,17+,18+,19-,21+,23+,24+,27?/m0/s1. The lowest BCUT2D eigenvalue weighted by Crippen LogP contribution is -2.47. The summed E-state index contributed by atoms with van der Waals surface area (Å²) in [6.45, 7) is 2.40. The number of carbonyl (C=O) groups excluding carboxylic acids is 3. The number of nitrogens with zero attached hydrogens (tertiary/aromatic N) is 6. The molecule has 0 radical (unpaired) electrons. The van der Waals surface area contributed by atoms with Crippen LogP contribution in [-0.2, 0) is 46.7 Å². The van der Waals surface area contributed by atoms with Crippen molar-refractivity contribution in [3.8, 4) is 0 Å². The first-order chi connectivity index (χ1) is 29.7. The first-order valence-electron chi connectivity index (χ1n) is 19.2. The van der Waals surface area contributed by atoms with Gasteiger partial charge in [-0.25, -0.2) is 33.9 Å². The van der Waals surface area contributed by atoms with E-state index in [1.807, 2.05) is 0 Å². The summed E-state index contributed by atoms with van der Waals surface area (Å²) < 4.78 is 98.4. The molecule has 9 atom stereocenters. The minimum atomic E-state index is -5.16. The minimum Gasteiger partial charge on any atom is -0.455 e. The molecule has 0 spiro atoms. The largest absolute Gasteiger partial charge is 0.471 e. The molecule has 2 aliphatic rings. The number of alkyl carbamates (subject to hydrolysis) is 1. The van der Waals surface area contributed by atoms with Gasteiger partial charge in [0, 0.05) is 19.2 Å². The zero-order valence-electron chi connectivity index (χ0n) is 34.1. The fourth-order valence-corrected chi connectivity index (χ4v) is 8.54. The Balaban J connectivity index is 1.39. The summed E-state index contributed by atoms with van der Waals surface area (Å²) in [7, 11) is -10.2. The van der Waals surface area contributed by atoms with Gasteiger partial charge >= 0.3 is 45.3 Å². The van der Waals surface area contributed by atoms with Gasteiger partial charge in [-0.3, -0.25) is 23.0 Å². The molecule has 2 saturated heterocycles. The Morgan fingerprint density at radius 1 is 1.00 bits per heavy atom. The molecule has 0 aliphatic carbocycles. The zero-order valence-corrected chi connectivity index (χ0v) is 35.9. The van der Waals surface area contributed by atoms with Crippen molar-refractivity contribution >= 4 is 56.2 Å². The van der Waals surface area contributed by atoms with Crippen molar-refractivity contribution < 1.29 is 84.5 Å². The van der Waals surface area contributed by atoms with E-state index in [4.69, 9.17) is 34.9 Å². The number of ether oxygens (including phenoxy) is 4. The Morgan fingerprint density at radius 3 is 2.36 bits per heavy atom. The molecule has 2 fully saturated rings. The number of halogens is 3. The monoisotopic (exact) mass is 958 g/mol. The molecule has 5 rings (SSSR count). The SMILES string of the molecule is CC(C)(C)OC(=O)N[C@@H](CCCCCNC(=O)C(F)(F)F)C(=O)O[C@@H]1[C@@H](COP(=O)(O)[C@H]2C[C@H](n3ccc(N)nc3=O)O[C@@H]2COP(=O)(O)O)OC(n2cnc3c(N)ncnc32)[C@@H]1O. The number of hydrogen-bond acceptors (Lipinski definition) is 19. The van der Waals surface area contributed by atoms with Crippen molar-refractivity contribution in [2.45, 2.75) is 113 Å². The van der Waals surface area contributed by atoms with Crippen LogP contribution in [0.1, 0.15) is 65.3 Å². The molecule has 31 heteroatoms. The maximum Gasteiger partial charge on any atom is 0.471 e. The maximum absolute atomic E-state index is 14.0. The fourth-order valence-electron chi connectivity index (χ4n) is 6.62. The number of esters is 1. The number of anilines is 2. The number of aliphatic hydroxyl groups excluding tert-OH is 1. The van der Waals surface area contributed by atoms with Crippen molar-refractivity contribution in [1.82, 2.24) is 39.7 Å². The average molecular weight is 959 g/mol. The first-order valence-corrected chi connectivity index (χ1v) is 22.4. The predicted octanol–water partition coefficient (Wildman–Crippen LogP) is 0.517. The number of nitrogens with one attached hydrogen (secondary N) is 2. The average Bonchev–Trinajstić information content (AvgIpc) is 3.89. The number of aliphatic hydroxyl groups is 1. The highest BCUT2D eigenvalue weighted by Gasteiger charge is 2.52. The smallest absolute Gasteiger partial charge is 0.455 e. The van der Waals surface area contributed by atoms with Crippen LogP contribution in [0, 0.1) is 0 Å². The van der Waals surface area contributed by atoms with Crippen LogP contribution in [0.25, 0.3) is 11.2 Å². The Morgan fingerprint density at radius 2 is 1.70 bits per heavy atom. The third-order valence-corrected chi connectivity index (χ3v) is 11.9. The van der Waals surface area contributed by atoms with E-state index >= 15 is 0 Å². The quantitative estimate of drug-likeness (QED) is 0.0489. The Kier molecular flexibility index (Phi) is 15.8. The number of phosphoric ester groups is 1. The summed E-state index contributed by atoms with van der Waals surface area (Å²) in [5.41, 5.74) is 8.02. The van der Waals surface area contributed by atoms with E-state index in [9.17, 15) is 61.3 Å². The zero-order chi connectivity index (χ0) is 47.4. The van der Waals surface area contributed by atoms with Crippen LogP contribution in [0.2, 0.25) is 0 Å². The second-order valence-corrected chi connectivity index (χ2v) is 18.8. The fraction of sp³-hybridized carbons (Fsp3) is 0.636. The Hall–Kier alpha value is -4.83. The van der Waals surface area contributed by atoms with Crippen molar-refractivity contribution in [3.63, 3.8) is 0 Å². The maximum atomic E-state index is 14.0. The van der Waals surface area contributed by atoms with Gasteiger partial charge in [-0.05, 0) is 39.7 Å². The van der Waals surface area contributed by atoms with E-state index in [0.717, 1.165) is 10.9 Å². The summed E-state index contributed by atoms with van der Waals surface area (Å²) in [5, 5.41) is 15.8. The lowest BCUT2D eigenvalue weighted by molar-refractivity contribution is -0.173. The van der Waals surface area contributed by atoms with Gasteiger partial charge in [-0.1, -0.05) is 12.8 Å². The van der Waals surface area contributed by atoms with Gasteiger partial charge < -0.3 is 65.4 Å². The molecule has 2 unspecified atom stereocenters. The summed E-state index contributed by atoms with van der Waals surface area (Å²) in [6.07, 6.45) is -12.7. The third kappa shape index (κ3) is 13.1. The number of aromatic nitrogens is 6. The van der Waals surface area contributed by atoms with Gasteiger partial charge in [0.2, 0.25) is 0 Å². The van der Waals surface area contributed by atoms with Crippen LogP contribution in [0.3, 0.4) is 0 Å². The van der Waals surface area contributed by atoms with Crippen LogP contribution in [0.5, 0.6) is 0 Å². The van der Waals surface area contributed by atoms with E-state index in [1.165, 1.54) is 23.2 Å². The van der Waals surface area contributed by atoms with Crippen LogP contribution in [0.4, 0.5) is 29.6 Å². The topological polar surface area (TPSA) is 376 Å². The van der Waals surface area contributed by atoms with Crippen LogP contribution < -0.4 is 27.8 Å². The molecule has 2 amide bonds. The molecule has 356 valence electrons. The Labute approximate surface area is 359 Å². The van der Waals surface area contributed by atoms with Crippen molar-refractivity contribution in [3.05, 3.63) is 35.4 Å². The van der Waals surface area contributed by atoms with Gasteiger partial charge in [-0.2, -0.15) is 18.2 Å². The number of unbranched alkanes of at least 4 members (excludes halogenated alkanes) is 2. The second-order valence-electron chi connectivity index (χ2n) is 15.5. The highest BCUT2D eigenvalue weighted by molar-refractivity contribution is 7.53. The number of carbonyl (C=O) groups is 3. The summed E-state index contributed by atoms with van der Waals surface area (Å²) >= 11 is 0. The number of nitrogen functional groups attached to an aromatic ring is 2. The first kappa shape index (κ1) is 50.2. The summed E-state index contributed by atoms with van der Waals surface area (Å²) in [5.74, 6) is -3.52. The molecule has 10 N–H and O–H groups in total. The van der Waals surface area contributed by atoms with Crippen molar-refractivity contribution in [1.29, 1.82) is 0 Å². The molecule has 3 aromatic heterocycles. The highest BCUT2D eigenvalue weighted by Crippen LogP contribution is 2.56. The van der Waals surface area contributed by atoms with E-state index in [0.29, 0.717) is 0 Å². The van der Waals surface area contributed by atoms with Gasteiger partial charge in [0.1, 0.15) is 47.7 Å². The molecule has 26 nitrogen and oxygen atoms in total. The van der Waals surface area contributed by atoms with E-state index in [2.05, 4.69) is 29.8 Å². The molecule has 2 aliphatic heterocycles. The third-order valence-electron chi connectivity index (χ3n) is 9.53. The van der Waals surface area contributed by atoms with Crippen LogP contribution in [-0.4, -0.2) is 134 Å². The van der Waals surface area contributed by atoms with Crippen LogP contribution in [0.15, 0.2) is 29.7 Å². The minimum absolute atomic E-state index is 0.0429. The van der Waals surface area contributed by atoms with Gasteiger partial charge in [0.05, 0.1) is 31.3 Å². The predicted molar refractivity (Wildman–Crippen MR) is 209 cm³/mol. The van der Waals surface area contributed by atoms with Crippen LogP contribution >= 0.6 is 15.4 Å². The number of imidazole rings is 1. The number of hydrogen-bond donors (Lipinski definition) is 8. The molecule has 0 aromatic carbocycles. The molecule has 0 bridgehead atoms. The lowest BCUT2D eigenvalue weighted by Gasteiger charge is -2.27. The molecular weight excluding hydrogens is 911 g/mol. The van der Waals surface area contributed by atoms with E-state index in [-0.39, 0.29) is 55.0 Å². The number of amides is 2. The van der Waals surface area contributed by atoms with E-state index < -0.39 is 119 Å². The number of nitrogens with two attached hydrogens (primary N) is 2. The van der Waals surface area contributed by atoms with Crippen molar-refractivity contribution in [2.75, 3.05) is 31.2 Å². The molecule has 3 aromatic rings. The number of rotatable bonds is 18. The molecule has 5 heterocycles. The van der Waals surface area contributed by atoms with Gasteiger partial charge in [0.25, 0.3) is 0 Å². The number of phosphoric acid groups is 1. The number of alkyl halides is 3. The molecule has 64 heavy (non-hydrogen) atoms. The Bertz CT molecular complexity index is 2310. The summed E-state index contributed by atoms with van der Waals surface area (Å²) in [6, 6.07) is -0.290. The lowest BCUT2D eigenvalue weighted by atomic mass is 10.1. The van der Waals surface area contributed by atoms with Gasteiger partial charge in [-0.15, -0.1) is 0 Å². The highest BCUT2D eigenvalue weighted by atomic mass is 31.2. The number of fused-ring (bicyclic) bond motifs is 1. The normalized spacial score (nSPS) is 24.2. The van der Waals surface area contributed by atoms with Crippen molar-refractivity contribution in [2.24, 2.45) is 0 Å². The molecular formula is C33H47F3N10O16P2. The van der Waals surface area contributed by atoms with E-state index in [1.54, 1.807) is 26.1 Å². The molecule has 0 saturated carbocycles. The van der Waals surface area contributed by atoms with Gasteiger partial charge in [0.15, 0.2) is 23.8 Å². The summed E-state index contributed by atoms with van der Waals surface area (Å²) in [4.78, 5) is 96.3.